The van der Waals surface area contributed by atoms with Gasteiger partial charge in [0.15, 0.2) is 0 Å². The number of amides is 1. The van der Waals surface area contributed by atoms with Gasteiger partial charge in [-0.3, -0.25) is 4.79 Å². The van der Waals surface area contributed by atoms with Crippen molar-refractivity contribution in [3.63, 3.8) is 0 Å². The number of hydrogen-bond acceptors (Lipinski definition) is 2. The number of nitrogens with two attached hydrogens (primary N) is 1. The first-order valence-corrected chi connectivity index (χ1v) is 6.36. The van der Waals surface area contributed by atoms with Crippen molar-refractivity contribution >= 4 is 17.3 Å². The molecule has 0 aromatic heterocycles. The molecule has 0 atom stereocenters. The lowest BCUT2D eigenvalue weighted by atomic mass is 10.1. The van der Waals surface area contributed by atoms with Gasteiger partial charge in [-0.2, -0.15) is 0 Å². The van der Waals surface area contributed by atoms with E-state index in [4.69, 9.17) is 5.73 Å². The van der Waals surface area contributed by atoms with Gasteiger partial charge in [-0.1, -0.05) is 30.7 Å². The summed E-state index contributed by atoms with van der Waals surface area (Å²) in [6.07, 6.45) is 0.941. The normalized spacial score (nSPS) is 10.2. The van der Waals surface area contributed by atoms with E-state index >= 15 is 0 Å². The predicted molar refractivity (Wildman–Crippen MR) is 79.4 cm³/mol. The number of benzene rings is 2. The van der Waals surface area contributed by atoms with E-state index in [0.717, 1.165) is 17.7 Å². The van der Waals surface area contributed by atoms with Crippen LogP contribution in [0.25, 0.3) is 0 Å². The highest BCUT2D eigenvalue weighted by Gasteiger charge is 2.10. The van der Waals surface area contributed by atoms with Gasteiger partial charge in [0.1, 0.15) is 0 Å². The minimum atomic E-state index is -0.172. The molecule has 2 rings (SSSR count). The Labute approximate surface area is 113 Å². The van der Waals surface area contributed by atoms with Crippen LogP contribution in [0.3, 0.4) is 0 Å². The van der Waals surface area contributed by atoms with E-state index in [9.17, 15) is 4.79 Å². The summed E-state index contributed by atoms with van der Waals surface area (Å²) in [5, 5.41) is 2.88. The Balaban J connectivity index is 2.23. The SMILES string of the molecule is CCc1cccc(NC(=O)c2cc(C)ccc2N)c1. The molecule has 3 heteroatoms. The van der Waals surface area contributed by atoms with Crippen LogP contribution in [0.2, 0.25) is 0 Å². The maximum absolute atomic E-state index is 12.2. The molecule has 2 aromatic rings. The summed E-state index contributed by atoms with van der Waals surface area (Å²) in [7, 11) is 0. The van der Waals surface area contributed by atoms with Crippen LogP contribution in [0.4, 0.5) is 11.4 Å². The molecule has 1 amide bonds. The highest BCUT2D eigenvalue weighted by Crippen LogP contribution is 2.17. The van der Waals surface area contributed by atoms with Crippen molar-refractivity contribution in [2.24, 2.45) is 0 Å². The fourth-order valence-corrected chi connectivity index (χ4v) is 1.93. The number of rotatable bonds is 3. The van der Waals surface area contributed by atoms with Crippen LogP contribution >= 0.6 is 0 Å². The molecule has 0 heterocycles. The third-order valence-electron chi connectivity index (χ3n) is 3.05. The lowest BCUT2D eigenvalue weighted by molar-refractivity contribution is 0.102. The number of aryl methyl sites for hydroxylation is 2. The molecule has 19 heavy (non-hydrogen) atoms. The number of carbonyl (C=O) groups excluding carboxylic acids is 1. The second-order valence-corrected chi connectivity index (χ2v) is 4.60. The molecule has 0 radical (unpaired) electrons. The van der Waals surface area contributed by atoms with Gasteiger partial charge in [0, 0.05) is 11.4 Å². The second kappa shape index (κ2) is 5.57. The fourth-order valence-electron chi connectivity index (χ4n) is 1.93. The van der Waals surface area contributed by atoms with E-state index < -0.39 is 0 Å². The van der Waals surface area contributed by atoms with Crippen LogP contribution in [0, 0.1) is 6.92 Å². The Morgan fingerprint density at radius 1 is 1.21 bits per heavy atom. The first-order chi connectivity index (χ1) is 9.10. The molecule has 0 aliphatic heterocycles. The average Bonchev–Trinajstić information content (AvgIpc) is 2.41. The van der Waals surface area contributed by atoms with Crippen molar-refractivity contribution in [1.29, 1.82) is 0 Å². The number of hydrogen-bond donors (Lipinski definition) is 2. The fraction of sp³-hybridized carbons (Fsp3) is 0.188. The van der Waals surface area contributed by atoms with Gasteiger partial charge < -0.3 is 11.1 Å². The van der Waals surface area contributed by atoms with E-state index in [0.29, 0.717) is 11.3 Å². The van der Waals surface area contributed by atoms with E-state index in [-0.39, 0.29) is 5.91 Å². The van der Waals surface area contributed by atoms with E-state index in [2.05, 4.69) is 12.2 Å². The van der Waals surface area contributed by atoms with Gasteiger partial charge in [-0.25, -0.2) is 0 Å². The molecule has 98 valence electrons. The highest BCUT2D eigenvalue weighted by molar-refractivity contribution is 6.07. The molecular weight excluding hydrogens is 236 g/mol. The van der Waals surface area contributed by atoms with Crippen LogP contribution < -0.4 is 11.1 Å². The maximum atomic E-state index is 12.2. The molecule has 0 saturated heterocycles. The molecule has 3 N–H and O–H groups in total. The molecule has 0 aliphatic carbocycles. The van der Waals surface area contributed by atoms with Crippen molar-refractivity contribution in [2.75, 3.05) is 11.1 Å². The Hall–Kier alpha value is -2.29. The Kier molecular flexibility index (Phi) is 3.85. The summed E-state index contributed by atoms with van der Waals surface area (Å²) in [4.78, 5) is 12.2. The Morgan fingerprint density at radius 2 is 2.00 bits per heavy atom. The third-order valence-corrected chi connectivity index (χ3v) is 3.05. The molecule has 0 unspecified atom stereocenters. The largest absolute Gasteiger partial charge is 0.398 e. The van der Waals surface area contributed by atoms with E-state index in [1.807, 2.05) is 37.3 Å². The zero-order valence-corrected chi connectivity index (χ0v) is 11.2. The molecule has 2 aromatic carbocycles. The van der Waals surface area contributed by atoms with Crippen molar-refractivity contribution in [2.45, 2.75) is 20.3 Å². The molecule has 0 saturated carbocycles. The van der Waals surface area contributed by atoms with Gasteiger partial charge in [-0.05, 0) is 43.2 Å². The van der Waals surface area contributed by atoms with Crippen LogP contribution in [0.1, 0.15) is 28.4 Å². The smallest absolute Gasteiger partial charge is 0.257 e. The van der Waals surface area contributed by atoms with Gasteiger partial charge in [0.2, 0.25) is 0 Å². The summed E-state index contributed by atoms with van der Waals surface area (Å²) in [6.45, 7) is 4.02. The first-order valence-electron chi connectivity index (χ1n) is 6.36. The zero-order valence-electron chi connectivity index (χ0n) is 11.2. The zero-order chi connectivity index (χ0) is 13.8. The number of anilines is 2. The van der Waals surface area contributed by atoms with Gasteiger partial charge in [-0.15, -0.1) is 0 Å². The second-order valence-electron chi connectivity index (χ2n) is 4.60. The van der Waals surface area contributed by atoms with Crippen LogP contribution in [0.15, 0.2) is 42.5 Å². The van der Waals surface area contributed by atoms with Crippen LogP contribution in [0.5, 0.6) is 0 Å². The molecule has 0 spiro atoms. The Bertz CT molecular complexity index is 605. The number of nitrogens with one attached hydrogen (secondary N) is 1. The molecule has 0 aliphatic rings. The van der Waals surface area contributed by atoms with Crippen molar-refractivity contribution in [3.8, 4) is 0 Å². The topological polar surface area (TPSA) is 55.1 Å². The summed E-state index contributed by atoms with van der Waals surface area (Å²) < 4.78 is 0. The average molecular weight is 254 g/mol. The third kappa shape index (κ3) is 3.13. The standard InChI is InChI=1S/C16H18N2O/c1-3-12-5-4-6-13(10-12)18-16(19)14-9-11(2)7-8-15(14)17/h4-10H,3,17H2,1-2H3,(H,18,19). The summed E-state index contributed by atoms with van der Waals surface area (Å²) in [6, 6.07) is 13.3. The molecule has 0 fully saturated rings. The van der Waals surface area contributed by atoms with E-state index in [1.54, 1.807) is 12.1 Å². The van der Waals surface area contributed by atoms with E-state index in [1.165, 1.54) is 5.56 Å². The van der Waals surface area contributed by atoms with Crippen molar-refractivity contribution in [1.82, 2.24) is 0 Å². The Morgan fingerprint density at radius 3 is 2.74 bits per heavy atom. The van der Waals surface area contributed by atoms with Gasteiger partial charge in [0.05, 0.1) is 5.56 Å². The summed E-state index contributed by atoms with van der Waals surface area (Å²) >= 11 is 0. The molecular formula is C16H18N2O. The van der Waals surface area contributed by atoms with Crippen molar-refractivity contribution < 1.29 is 4.79 Å². The summed E-state index contributed by atoms with van der Waals surface area (Å²) in [5.41, 5.74) is 9.85. The molecule has 3 nitrogen and oxygen atoms in total. The van der Waals surface area contributed by atoms with Gasteiger partial charge >= 0.3 is 0 Å². The van der Waals surface area contributed by atoms with Gasteiger partial charge in [0.25, 0.3) is 5.91 Å². The minimum Gasteiger partial charge on any atom is -0.398 e. The highest BCUT2D eigenvalue weighted by atomic mass is 16.1. The number of nitrogen functional groups attached to an aromatic ring is 1. The maximum Gasteiger partial charge on any atom is 0.257 e. The van der Waals surface area contributed by atoms with Crippen LogP contribution in [-0.4, -0.2) is 5.91 Å². The molecule has 0 bridgehead atoms. The quantitative estimate of drug-likeness (QED) is 0.825. The lowest BCUT2D eigenvalue weighted by Gasteiger charge is -2.09. The number of carbonyl (C=O) groups is 1. The lowest BCUT2D eigenvalue weighted by Crippen LogP contribution is -2.14. The monoisotopic (exact) mass is 254 g/mol. The minimum absolute atomic E-state index is 0.172. The van der Waals surface area contributed by atoms with Crippen LogP contribution in [-0.2, 0) is 6.42 Å². The van der Waals surface area contributed by atoms with Crippen molar-refractivity contribution in [3.05, 3.63) is 59.2 Å². The predicted octanol–water partition coefficient (Wildman–Crippen LogP) is 3.39. The first kappa shape index (κ1) is 13.1. The summed E-state index contributed by atoms with van der Waals surface area (Å²) in [5.74, 6) is -0.172.